The minimum absolute atomic E-state index is 0.00294. The van der Waals surface area contributed by atoms with Gasteiger partial charge in [-0.25, -0.2) is 14.2 Å². The smallest absolute Gasteiger partial charge is 0.318 e. The maximum absolute atomic E-state index is 13.2. The van der Waals surface area contributed by atoms with Gasteiger partial charge in [-0.3, -0.25) is 0 Å². The van der Waals surface area contributed by atoms with E-state index in [-0.39, 0.29) is 23.9 Å². The number of nitrogens with one attached hydrogen (secondary N) is 2. The van der Waals surface area contributed by atoms with Crippen LogP contribution in [0.5, 0.6) is 0 Å². The molecule has 1 aliphatic carbocycles. The van der Waals surface area contributed by atoms with E-state index >= 15 is 0 Å². The van der Waals surface area contributed by atoms with Gasteiger partial charge in [0.25, 0.3) is 0 Å². The van der Waals surface area contributed by atoms with Crippen LogP contribution in [0.1, 0.15) is 55.6 Å². The number of benzene rings is 1. The molecule has 2 N–H and O–H groups in total. The van der Waals surface area contributed by atoms with Crippen molar-refractivity contribution < 1.29 is 9.18 Å². The first kappa shape index (κ1) is 16.1. The number of likely N-dealkylation sites (tertiary alicyclic amines) is 1. The Bertz CT molecular complexity index is 712. The van der Waals surface area contributed by atoms with Gasteiger partial charge in [-0.2, -0.15) is 0 Å². The number of nitrogens with zero attached hydrogens (tertiary/aromatic N) is 2. The van der Waals surface area contributed by atoms with Gasteiger partial charge in [-0.05, 0) is 55.7 Å². The van der Waals surface area contributed by atoms with Crippen molar-refractivity contribution in [1.82, 2.24) is 20.2 Å². The van der Waals surface area contributed by atoms with E-state index in [0.29, 0.717) is 5.92 Å². The van der Waals surface area contributed by atoms with Crippen molar-refractivity contribution in [2.75, 3.05) is 6.54 Å². The van der Waals surface area contributed by atoms with E-state index in [9.17, 15) is 9.18 Å². The quantitative estimate of drug-likeness (QED) is 0.884. The van der Waals surface area contributed by atoms with Crippen molar-refractivity contribution in [2.24, 2.45) is 5.92 Å². The highest BCUT2D eigenvalue weighted by atomic mass is 19.1. The molecule has 0 spiro atoms. The van der Waals surface area contributed by atoms with E-state index in [1.54, 1.807) is 24.5 Å². The van der Waals surface area contributed by atoms with Crippen LogP contribution in [-0.2, 0) is 0 Å². The zero-order chi connectivity index (χ0) is 17.2. The van der Waals surface area contributed by atoms with Crippen molar-refractivity contribution in [1.29, 1.82) is 0 Å². The van der Waals surface area contributed by atoms with Crippen LogP contribution >= 0.6 is 0 Å². The molecular formula is C19H23FN4O. The Hall–Kier alpha value is -2.37. The van der Waals surface area contributed by atoms with Crippen LogP contribution in [0.3, 0.4) is 0 Å². The molecule has 0 radical (unpaired) electrons. The monoisotopic (exact) mass is 342 g/mol. The van der Waals surface area contributed by atoms with Crippen molar-refractivity contribution in [2.45, 2.75) is 44.2 Å². The Labute approximate surface area is 146 Å². The van der Waals surface area contributed by atoms with Gasteiger partial charge in [0.2, 0.25) is 0 Å². The normalized spacial score (nSPS) is 21.8. The van der Waals surface area contributed by atoms with Gasteiger partial charge < -0.3 is 15.2 Å². The maximum Gasteiger partial charge on any atom is 0.318 e. The molecule has 25 heavy (non-hydrogen) atoms. The van der Waals surface area contributed by atoms with Crippen LogP contribution in [0.25, 0.3) is 0 Å². The molecule has 2 aliphatic rings. The summed E-state index contributed by atoms with van der Waals surface area (Å²) in [6.45, 7) is 0.734. The summed E-state index contributed by atoms with van der Waals surface area (Å²) in [5.74, 6) is 1.04. The average Bonchev–Trinajstić information content (AvgIpc) is 3.33. The number of aromatic amines is 1. The molecule has 2 amide bonds. The Morgan fingerprint density at radius 1 is 1.24 bits per heavy atom. The van der Waals surface area contributed by atoms with Crippen LogP contribution in [0.4, 0.5) is 9.18 Å². The Balaban J connectivity index is 1.51. The molecule has 2 fully saturated rings. The number of imidazole rings is 1. The lowest BCUT2D eigenvalue weighted by atomic mass is 10.0. The summed E-state index contributed by atoms with van der Waals surface area (Å²) < 4.78 is 13.2. The summed E-state index contributed by atoms with van der Waals surface area (Å²) in [6.07, 6.45) is 8.75. The average molecular weight is 342 g/mol. The lowest BCUT2D eigenvalue weighted by Crippen LogP contribution is -2.46. The number of urea groups is 1. The molecular weight excluding hydrogens is 319 g/mol. The van der Waals surface area contributed by atoms with Gasteiger partial charge in [-0.1, -0.05) is 12.1 Å². The first-order valence-electron chi connectivity index (χ1n) is 9.04. The summed E-state index contributed by atoms with van der Waals surface area (Å²) in [5.41, 5.74) is 0.976. The zero-order valence-corrected chi connectivity index (χ0v) is 14.1. The van der Waals surface area contributed by atoms with Crippen molar-refractivity contribution in [3.05, 3.63) is 53.9 Å². The summed E-state index contributed by atoms with van der Waals surface area (Å²) in [4.78, 5) is 22.4. The zero-order valence-electron chi connectivity index (χ0n) is 14.1. The van der Waals surface area contributed by atoms with Gasteiger partial charge in [0.1, 0.15) is 11.6 Å². The number of H-pyrrole nitrogens is 1. The number of aromatic nitrogens is 2. The molecule has 2 heterocycles. The third-order valence-electron chi connectivity index (χ3n) is 5.20. The highest BCUT2D eigenvalue weighted by Crippen LogP contribution is 2.41. The first-order chi connectivity index (χ1) is 12.2. The highest BCUT2D eigenvalue weighted by molar-refractivity contribution is 5.75. The third kappa shape index (κ3) is 3.52. The fourth-order valence-corrected chi connectivity index (χ4v) is 3.71. The topological polar surface area (TPSA) is 61.0 Å². The second kappa shape index (κ2) is 6.86. The second-order valence-corrected chi connectivity index (χ2v) is 7.00. The van der Waals surface area contributed by atoms with Crippen LogP contribution in [-0.4, -0.2) is 27.4 Å². The Morgan fingerprint density at radius 2 is 2.04 bits per heavy atom. The highest BCUT2D eigenvalue weighted by Gasteiger charge is 2.36. The molecule has 1 saturated heterocycles. The Morgan fingerprint density at radius 3 is 2.72 bits per heavy atom. The molecule has 5 nitrogen and oxygen atoms in total. The van der Waals surface area contributed by atoms with Gasteiger partial charge in [0, 0.05) is 18.9 Å². The minimum atomic E-state index is -0.251. The van der Waals surface area contributed by atoms with Crippen molar-refractivity contribution >= 4 is 6.03 Å². The van der Waals surface area contributed by atoms with E-state index in [4.69, 9.17) is 0 Å². The molecule has 4 rings (SSSR count). The molecule has 2 aromatic rings. The van der Waals surface area contributed by atoms with E-state index in [0.717, 1.165) is 50.0 Å². The number of hydrogen-bond acceptors (Lipinski definition) is 2. The number of amides is 2. The van der Waals surface area contributed by atoms with E-state index in [1.165, 1.54) is 12.1 Å². The fourth-order valence-electron chi connectivity index (χ4n) is 3.71. The van der Waals surface area contributed by atoms with Crippen LogP contribution < -0.4 is 5.32 Å². The molecule has 0 bridgehead atoms. The first-order valence-corrected chi connectivity index (χ1v) is 9.04. The van der Waals surface area contributed by atoms with Gasteiger partial charge >= 0.3 is 6.03 Å². The predicted molar refractivity (Wildman–Crippen MR) is 92.3 cm³/mol. The second-order valence-electron chi connectivity index (χ2n) is 7.00. The van der Waals surface area contributed by atoms with Crippen molar-refractivity contribution in [3.8, 4) is 0 Å². The van der Waals surface area contributed by atoms with Crippen molar-refractivity contribution in [3.63, 3.8) is 0 Å². The largest absolute Gasteiger partial charge is 0.347 e. The van der Waals surface area contributed by atoms with Gasteiger partial charge in [-0.15, -0.1) is 0 Å². The minimum Gasteiger partial charge on any atom is -0.347 e. The molecule has 1 aromatic carbocycles. The molecule has 0 unspecified atom stereocenters. The van der Waals surface area contributed by atoms with Gasteiger partial charge in [0.05, 0.1) is 12.1 Å². The standard InChI is InChI=1S/C19H23FN4O/c20-15-8-6-14(7-9-15)17(13-4-5-13)23-19(25)24-12-2-1-3-16(24)18-21-10-11-22-18/h6-11,13,16-17H,1-5,12H2,(H,21,22)(H,23,25)/t16-,17+/m1/s1. The molecule has 132 valence electrons. The summed E-state index contributed by atoms with van der Waals surface area (Å²) in [5, 5.41) is 3.20. The number of halogens is 1. The van der Waals surface area contributed by atoms with Gasteiger partial charge in [0.15, 0.2) is 0 Å². The number of carbonyl (C=O) groups excluding carboxylic acids is 1. The Kier molecular flexibility index (Phi) is 4.42. The maximum atomic E-state index is 13.2. The van der Waals surface area contributed by atoms with E-state index < -0.39 is 0 Å². The molecule has 1 aromatic heterocycles. The van der Waals surface area contributed by atoms with Crippen LogP contribution in [0.2, 0.25) is 0 Å². The number of hydrogen-bond donors (Lipinski definition) is 2. The van der Waals surface area contributed by atoms with Crippen LogP contribution in [0.15, 0.2) is 36.7 Å². The third-order valence-corrected chi connectivity index (χ3v) is 5.20. The van der Waals surface area contributed by atoms with Crippen LogP contribution in [0, 0.1) is 11.7 Å². The molecule has 6 heteroatoms. The summed E-state index contributed by atoms with van der Waals surface area (Å²) in [7, 11) is 0. The van der Waals surface area contributed by atoms with E-state index in [2.05, 4.69) is 15.3 Å². The fraction of sp³-hybridized carbons (Fsp3) is 0.474. The summed E-state index contributed by atoms with van der Waals surface area (Å²) in [6, 6.07) is 6.37. The lowest BCUT2D eigenvalue weighted by molar-refractivity contribution is 0.144. The van der Waals surface area contributed by atoms with E-state index in [1.807, 2.05) is 4.90 Å². The summed E-state index contributed by atoms with van der Waals surface area (Å²) >= 11 is 0. The number of rotatable bonds is 4. The lowest BCUT2D eigenvalue weighted by Gasteiger charge is -2.35. The number of piperidine rings is 1. The molecule has 1 saturated carbocycles. The molecule has 2 atom stereocenters. The number of carbonyl (C=O) groups is 1. The SMILES string of the molecule is O=C(N[C@H](c1ccc(F)cc1)C1CC1)N1CCCC[C@@H]1c1ncc[nH]1. The molecule has 1 aliphatic heterocycles. The predicted octanol–water partition coefficient (Wildman–Crippen LogP) is 3.94.